The number of aliphatic carboxylic acids is 1. The van der Waals surface area contributed by atoms with Crippen LogP contribution in [0.15, 0.2) is 54.6 Å². The van der Waals surface area contributed by atoms with Crippen LogP contribution in [0.1, 0.15) is 11.1 Å². The molecule has 0 amide bonds. The van der Waals surface area contributed by atoms with Crippen molar-refractivity contribution in [3.63, 3.8) is 0 Å². The zero-order valence-electron chi connectivity index (χ0n) is 11.3. The number of halogens is 1. The third-order valence-electron chi connectivity index (χ3n) is 3.00. The average Bonchev–Trinajstić information content (AvgIpc) is 2.53. The van der Waals surface area contributed by atoms with E-state index >= 15 is 0 Å². The zero-order valence-corrected chi connectivity index (χ0v) is 11.3. The molecule has 0 aliphatic carbocycles. The number of ether oxygens (including phenoxy) is 1. The predicted molar refractivity (Wildman–Crippen MR) is 74.7 cm³/mol. The van der Waals surface area contributed by atoms with Crippen molar-refractivity contribution in [3.8, 4) is 0 Å². The summed E-state index contributed by atoms with van der Waals surface area (Å²) in [6.45, 7) is -0.338. The fourth-order valence-corrected chi connectivity index (χ4v) is 1.92. The molecule has 22 heavy (non-hydrogen) atoms. The fourth-order valence-electron chi connectivity index (χ4n) is 1.92. The number of nitro groups is 1. The van der Waals surface area contributed by atoms with E-state index in [2.05, 4.69) is 0 Å². The molecule has 0 spiro atoms. The van der Waals surface area contributed by atoms with Gasteiger partial charge in [0.15, 0.2) is 0 Å². The molecule has 114 valence electrons. The predicted octanol–water partition coefficient (Wildman–Crippen LogP) is 3.02. The molecule has 0 heterocycles. The molecule has 0 radical (unpaired) electrons. The summed E-state index contributed by atoms with van der Waals surface area (Å²) >= 11 is 0. The van der Waals surface area contributed by atoms with Crippen molar-refractivity contribution in [1.82, 2.24) is 0 Å². The van der Waals surface area contributed by atoms with Gasteiger partial charge in [-0.3, -0.25) is 10.1 Å². The highest BCUT2D eigenvalue weighted by atomic mass is 19.2. The van der Waals surface area contributed by atoms with Gasteiger partial charge in [-0.2, -0.15) is 4.39 Å². The number of carbonyl (C=O) groups is 1. The number of carboxylic acid groups (broad SMARTS) is 1. The Balaban J connectivity index is 2.37. The maximum atomic E-state index is 14.8. The molecule has 0 bridgehead atoms. The van der Waals surface area contributed by atoms with Gasteiger partial charge in [0.05, 0.1) is 11.5 Å². The van der Waals surface area contributed by atoms with Crippen molar-refractivity contribution in [2.24, 2.45) is 0 Å². The first-order valence-corrected chi connectivity index (χ1v) is 6.29. The van der Waals surface area contributed by atoms with Gasteiger partial charge >= 0.3 is 11.8 Å². The molecule has 2 rings (SSSR count). The van der Waals surface area contributed by atoms with Crippen LogP contribution in [0.3, 0.4) is 0 Å². The third kappa shape index (κ3) is 3.09. The van der Waals surface area contributed by atoms with Gasteiger partial charge in [-0.15, -0.1) is 0 Å². The lowest BCUT2D eigenvalue weighted by Crippen LogP contribution is -2.34. The summed E-state index contributed by atoms with van der Waals surface area (Å²) in [5.41, 5.74) is -0.756. The minimum Gasteiger partial charge on any atom is -0.477 e. The van der Waals surface area contributed by atoms with E-state index in [1.54, 1.807) is 30.3 Å². The number of nitro benzene ring substituents is 1. The lowest BCUT2D eigenvalue weighted by molar-refractivity contribution is -0.387. The summed E-state index contributed by atoms with van der Waals surface area (Å²) < 4.78 is 19.7. The Morgan fingerprint density at radius 1 is 1.18 bits per heavy atom. The Morgan fingerprint density at radius 2 is 1.77 bits per heavy atom. The van der Waals surface area contributed by atoms with Crippen LogP contribution in [0.4, 0.5) is 10.1 Å². The number of alkyl halides is 1. The van der Waals surface area contributed by atoms with Crippen LogP contribution >= 0.6 is 0 Å². The molecule has 6 nitrogen and oxygen atoms in total. The summed E-state index contributed by atoms with van der Waals surface area (Å²) in [6.07, 6.45) is 0. The number of carboxylic acids is 1. The van der Waals surface area contributed by atoms with E-state index in [1.165, 1.54) is 12.1 Å². The highest BCUT2D eigenvalue weighted by molar-refractivity contribution is 5.79. The summed E-state index contributed by atoms with van der Waals surface area (Å²) in [4.78, 5) is 21.4. The summed E-state index contributed by atoms with van der Waals surface area (Å²) in [5.74, 6) is -5.25. The molecule has 2 aromatic rings. The maximum absolute atomic E-state index is 14.8. The molecule has 1 atom stereocenters. The molecule has 7 heteroatoms. The first-order chi connectivity index (χ1) is 10.4. The number of benzene rings is 2. The van der Waals surface area contributed by atoms with Gasteiger partial charge in [-0.05, 0) is 11.6 Å². The SMILES string of the molecule is O=C(O)C(F)(OCc1ccccc1)c1ccccc1[N+](=O)[O-]. The second-order valence-electron chi connectivity index (χ2n) is 4.45. The first-order valence-electron chi connectivity index (χ1n) is 6.29. The van der Waals surface area contributed by atoms with E-state index in [-0.39, 0.29) is 6.61 Å². The highest BCUT2D eigenvalue weighted by Crippen LogP contribution is 2.35. The van der Waals surface area contributed by atoms with Crippen LogP contribution in [-0.2, 0) is 22.0 Å². The number of rotatable bonds is 6. The molecular formula is C15H12FNO5. The lowest BCUT2D eigenvalue weighted by atomic mass is 10.0. The van der Waals surface area contributed by atoms with E-state index < -0.39 is 28.0 Å². The average molecular weight is 305 g/mol. The van der Waals surface area contributed by atoms with Crippen LogP contribution < -0.4 is 0 Å². The smallest absolute Gasteiger partial charge is 0.374 e. The van der Waals surface area contributed by atoms with E-state index in [1.807, 2.05) is 0 Å². The van der Waals surface area contributed by atoms with Crippen LogP contribution in [0, 0.1) is 10.1 Å². The molecule has 0 fully saturated rings. The Kier molecular flexibility index (Phi) is 4.47. The van der Waals surface area contributed by atoms with Gasteiger partial charge in [0.2, 0.25) is 0 Å². The Morgan fingerprint density at radius 3 is 2.36 bits per heavy atom. The van der Waals surface area contributed by atoms with E-state index in [0.29, 0.717) is 5.56 Å². The summed E-state index contributed by atoms with van der Waals surface area (Å²) in [5, 5.41) is 20.1. The zero-order chi connectivity index (χ0) is 16.2. The minimum atomic E-state index is -3.31. The van der Waals surface area contributed by atoms with Crippen LogP contribution in [-0.4, -0.2) is 16.0 Å². The molecule has 0 aliphatic heterocycles. The van der Waals surface area contributed by atoms with Crippen LogP contribution in [0.25, 0.3) is 0 Å². The molecule has 1 unspecified atom stereocenters. The molecule has 2 aromatic carbocycles. The van der Waals surface area contributed by atoms with Gasteiger partial charge in [0, 0.05) is 6.07 Å². The molecule has 1 N–H and O–H groups in total. The normalized spacial score (nSPS) is 13.3. The third-order valence-corrected chi connectivity index (χ3v) is 3.00. The minimum absolute atomic E-state index is 0.338. The number of hydrogen-bond acceptors (Lipinski definition) is 4. The maximum Gasteiger partial charge on any atom is 0.374 e. The standard InChI is InChI=1S/C15H12FNO5/c16-15(14(18)19,22-10-11-6-2-1-3-7-11)12-8-4-5-9-13(12)17(20)21/h1-9H,10H2,(H,18,19). The fraction of sp³-hybridized carbons (Fsp3) is 0.133. The van der Waals surface area contributed by atoms with Gasteiger partial charge in [0.1, 0.15) is 5.56 Å². The van der Waals surface area contributed by atoms with E-state index in [9.17, 15) is 19.3 Å². The van der Waals surface area contributed by atoms with Crippen LogP contribution in [0.2, 0.25) is 0 Å². The van der Waals surface area contributed by atoms with Crippen molar-refractivity contribution in [1.29, 1.82) is 0 Å². The highest BCUT2D eigenvalue weighted by Gasteiger charge is 2.47. The van der Waals surface area contributed by atoms with E-state index in [0.717, 1.165) is 12.1 Å². The number of nitrogens with zero attached hydrogens (tertiary/aromatic N) is 1. The topological polar surface area (TPSA) is 89.7 Å². The Bertz CT molecular complexity index is 691. The van der Waals surface area contributed by atoms with Crippen molar-refractivity contribution in [3.05, 3.63) is 75.8 Å². The monoisotopic (exact) mass is 305 g/mol. The number of hydrogen-bond donors (Lipinski definition) is 1. The van der Waals surface area contributed by atoms with Gasteiger partial charge in [-0.25, -0.2) is 4.79 Å². The van der Waals surface area contributed by atoms with Crippen molar-refractivity contribution >= 4 is 11.7 Å². The molecular weight excluding hydrogens is 293 g/mol. The Labute approximate surface area is 124 Å². The largest absolute Gasteiger partial charge is 0.477 e. The molecule has 0 aliphatic rings. The van der Waals surface area contributed by atoms with Crippen molar-refractivity contribution in [2.75, 3.05) is 0 Å². The van der Waals surface area contributed by atoms with E-state index in [4.69, 9.17) is 9.84 Å². The second-order valence-corrected chi connectivity index (χ2v) is 4.45. The second kappa shape index (κ2) is 6.31. The van der Waals surface area contributed by atoms with Crippen LogP contribution in [0.5, 0.6) is 0 Å². The lowest BCUT2D eigenvalue weighted by Gasteiger charge is -2.21. The van der Waals surface area contributed by atoms with Crippen molar-refractivity contribution in [2.45, 2.75) is 12.5 Å². The van der Waals surface area contributed by atoms with Gasteiger partial charge in [-0.1, -0.05) is 42.5 Å². The quantitative estimate of drug-likeness (QED) is 0.654. The first kappa shape index (κ1) is 15.6. The number of para-hydroxylation sites is 1. The summed E-state index contributed by atoms with van der Waals surface area (Å²) in [7, 11) is 0. The molecule has 0 saturated carbocycles. The van der Waals surface area contributed by atoms with Crippen molar-refractivity contribution < 1.29 is 24.0 Å². The van der Waals surface area contributed by atoms with Gasteiger partial charge < -0.3 is 9.84 Å². The summed E-state index contributed by atoms with van der Waals surface area (Å²) in [6, 6.07) is 13.0. The van der Waals surface area contributed by atoms with Gasteiger partial charge in [0.25, 0.3) is 5.69 Å². The molecule has 0 saturated heterocycles. The molecule has 0 aromatic heterocycles. The Hall–Kier alpha value is -2.80.